The maximum Gasteiger partial charge on any atom is 0.0799 e. The molecule has 333 valence electrons. The molecule has 1 aliphatic rings. The number of pyridine rings is 1. The molecular weight excluding hydrogens is 985 g/mol. The molecule has 0 saturated heterocycles. The fourth-order valence-electron chi connectivity index (χ4n) is 10.2. The molecule has 3 aromatic heterocycles. The first-order chi connectivity index (χ1) is 31.0. The first kappa shape index (κ1) is 46.1. The summed E-state index contributed by atoms with van der Waals surface area (Å²) in [6.45, 7) is 19.5. The molecule has 0 N–H and O–H groups in total. The van der Waals surface area contributed by atoms with E-state index >= 15 is 0 Å². The van der Waals surface area contributed by atoms with Crippen LogP contribution in [-0.2, 0) is 26.7 Å². The van der Waals surface area contributed by atoms with Crippen molar-refractivity contribution in [1.29, 1.82) is 0 Å². The molecule has 9 aromatic rings. The number of imidazole rings is 1. The molecule has 6 aromatic carbocycles. The summed E-state index contributed by atoms with van der Waals surface area (Å²) in [4.78, 5) is 10.0. The van der Waals surface area contributed by atoms with Crippen molar-refractivity contribution in [1.82, 2.24) is 19.1 Å². The second-order valence-electron chi connectivity index (χ2n) is 19.5. The number of hydrogen-bond donors (Lipinski definition) is 0. The van der Waals surface area contributed by atoms with E-state index in [0.29, 0.717) is 11.8 Å². The molecule has 65 heavy (non-hydrogen) atoms. The summed E-state index contributed by atoms with van der Waals surface area (Å²) in [5, 5.41) is 4.06. The quantitative estimate of drug-likeness (QED) is 0.107. The van der Waals surface area contributed by atoms with Crippen LogP contribution in [-0.4, -0.2) is 27.2 Å². The van der Waals surface area contributed by atoms with E-state index in [0.717, 1.165) is 57.3 Å². The van der Waals surface area contributed by atoms with Crippen LogP contribution in [0.4, 0.5) is 0 Å². The van der Waals surface area contributed by atoms with Gasteiger partial charge in [-0.3, -0.25) is 4.98 Å². The summed E-state index contributed by atoms with van der Waals surface area (Å²) >= 11 is 0. The van der Waals surface area contributed by atoms with Crippen molar-refractivity contribution < 1.29 is 20.1 Å². The third-order valence-electron chi connectivity index (χ3n) is 13.4. The summed E-state index contributed by atoms with van der Waals surface area (Å²) in [5.41, 5.74) is 16.0. The molecule has 1 aliphatic carbocycles. The molecule has 0 amide bonds. The van der Waals surface area contributed by atoms with Gasteiger partial charge in [0.25, 0.3) is 0 Å². The zero-order chi connectivity index (χ0) is 44.5. The molecule has 0 bridgehead atoms. The normalized spacial score (nSPS) is 13.4. The Kier molecular flexibility index (Phi) is 13.9. The van der Waals surface area contributed by atoms with Gasteiger partial charge in [0.15, 0.2) is 0 Å². The van der Waals surface area contributed by atoms with Crippen molar-refractivity contribution in [2.24, 2.45) is 0 Å². The fraction of sp³-hybridized carbons (Fsp3) is 0.288. The van der Waals surface area contributed by atoms with E-state index in [-0.39, 0.29) is 20.1 Å². The number of fused-ring (bicyclic) bond motifs is 4. The topological polar surface area (TPSA) is 35.6 Å². The van der Waals surface area contributed by atoms with Crippen LogP contribution in [0.3, 0.4) is 0 Å². The monoisotopic (exact) mass is 1050 g/mol. The van der Waals surface area contributed by atoms with E-state index in [4.69, 9.17) is 9.97 Å². The van der Waals surface area contributed by atoms with E-state index in [2.05, 4.69) is 203 Å². The van der Waals surface area contributed by atoms with Crippen LogP contribution in [0.25, 0.3) is 61.2 Å². The molecule has 0 atom stereocenters. The first-order valence-corrected chi connectivity index (χ1v) is 27.0. The Labute approximate surface area is 401 Å². The number of benzene rings is 6. The maximum atomic E-state index is 5.23. The van der Waals surface area contributed by atoms with Crippen LogP contribution in [0.15, 0.2) is 140 Å². The molecule has 0 unspecified atom stereocenters. The van der Waals surface area contributed by atoms with Crippen molar-refractivity contribution >= 4 is 46.1 Å². The van der Waals surface area contributed by atoms with E-state index in [1.165, 1.54) is 70.6 Å². The van der Waals surface area contributed by atoms with Crippen LogP contribution in [0.5, 0.6) is 0 Å². The van der Waals surface area contributed by atoms with Crippen molar-refractivity contribution in [2.45, 2.75) is 111 Å². The van der Waals surface area contributed by atoms with E-state index in [1.54, 1.807) is 10.8 Å². The minimum atomic E-state index is -1.36. The van der Waals surface area contributed by atoms with Gasteiger partial charge in [-0.25, -0.2) is 0 Å². The predicted octanol–water partition coefficient (Wildman–Crippen LogP) is 15.3. The second-order valence-corrected chi connectivity index (χ2v) is 24.6. The number of para-hydroxylation sites is 3. The number of nitrogens with zero attached hydrogens (tertiary/aromatic N) is 4. The number of aromatic nitrogens is 4. The molecular formula is C59H62IrN4Si-2. The summed E-state index contributed by atoms with van der Waals surface area (Å²) < 4.78 is 4.76. The third-order valence-corrected chi connectivity index (χ3v) is 15.5. The zero-order valence-corrected chi connectivity index (χ0v) is 42.8. The minimum Gasteiger partial charge on any atom is -0.360 e. The smallest absolute Gasteiger partial charge is 0.0799 e. The van der Waals surface area contributed by atoms with Gasteiger partial charge in [0.05, 0.1) is 24.9 Å². The van der Waals surface area contributed by atoms with Gasteiger partial charge in [0, 0.05) is 44.1 Å². The minimum absolute atomic E-state index is 0. The zero-order valence-electron chi connectivity index (χ0n) is 39.4. The predicted molar refractivity (Wildman–Crippen MR) is 274 cm³/mol. The number of hydrogen-bond acceptors (Lipinski definition) is 2. The molecule has 6 heteroatoms. The molecule has 0 spiro atoms. The number of rotatable bonds is 9. The van der Waals surface area contributed by atoms with E-state index < -0.39 is 8.07 Å². The van der Waals surface area contributed by atoms with Gasteiger partial charge < -0.3 is 14.1 Å². The summed E-state index contributed by atoms with van der Waals surface area (Å²) in [7, 11) is -1.36. The Balaban J connectivity index is 0.000000212. The van der Waals surface area contributed by atoms with Crippen LogP contribution in [0.1, 0.15) is 105 Å². The van der Waals surface area contributed by atoms with Crippen molar-refractivity contribution in [3.05, 3.63) is 180 Å². The van der Waals surface area contributed by atoms with Gasteiger partial charge >= 0.3 is 0 Å². The second kappa shape index (κ2) is 19.6. The molecule has 1 radical (unpaired) electrons. The van der Waals surface area contributed by atoms with Gasteiger partial charge in [0.2, 0.25) is 0 Å². The molecule has 0 aliphatic heterocycles. The fourth-order valence-corrected chi connectivity index (χ4v) is 11.8. The summed E-state index contributed by atoms with van der Waals surface area (Å²) in [6, 6.07) is 54.5. The molecule has 10 rings (SSSR count). The standard InChI is InChI=1S/C39H36N3.C20H26NSi.Ir/c1-25(2)30-16-12-17-31(26(3)4)33(30)24-41-36-19-10-9-18-34(36)40-39(41)28-21-22-35-32(23-28)38-27(5)13-11-20-37(38)42(35)29-14-7-6-8-15-29;1-22(2,3)20-15-21-19(17-12-8-5-9-13-17)14-18(20)16-10-6-4-7-11-16;/h6-20,22-23,25-26H,24H2,1-5H3;5,8-9,12,14-16H,4,6-7,10-11H2,1-3H3;/q2*-1;. The maximum absolute atomic E-state index is 5.23. The van der Waals surface area contributed by atoms with E-state index in [1.807, 2.05) is 12.1 Å². The Bertz CT molecular complexity index is 3030. The van der Waals surface area contributed by atoms with Gasteiger partial charge in [-0.2, -0.15) is 0 Å². The average Bonchev–Trinajstić information content (AvgIpc) is 3.85. The van der Waals surface area contributed by atoms with Crippen LogP contribution in [0, 0.1) is 19.1 Å². The molecule has 4 nitrogen and oxygen atoms in total. The molecule has 1 saturated carbocycles. The van der Waals surface area contributed by atoms with Crippen LogP contribution >= 0.6 is 0 Å². The molecule has 1 fully saturated rings. The molecule has 3 heterocycles. The van der Waals surface area contributed by atoms with Crippen LogP contribution in [0.2, 0.25) is 19.6 Å². The first-order valence-electron chi connectivity index (χ1n) is 23.5. The van der Waals surface area contributed by atoms with Crippen LogP contribution < -0.4 is 5.19 Å². The Morgan fingerprint density at radius 1 is 0.692 bits per heavy atom. The van der Waals surface area contributed by atoms with Crippen molar-refractivity contribution in [3.8, 4) is 28.3 Å². The van der Waals surface area contributed by atoms with Gasteiger partial charge in [-0.15, -0.1) is 59.7 Å². The van der Waals surface area contributed by atoms with Gasteiger partial charge in [-0.1, -0.05) is 144 Å². The third kappa shape index (κ3) is 9.36. The Morgan fingerprint density at radius 3 is 2.06 bits per heavy atom. The average molecular weight is 1050 g/mol. The largest absolute Gasteiger partial charge is 0.360 e. The van der Waals surface area contributed by atoms with E-state index in [9.17, 15) is 0 Å². The summed E-state index contributed by atoms with van der Waals surface area (Å²) in [6.07, 6.45) is 9.03. The van der Waals surface area contributed by atoms with Crippen molar-refractivity contribution in [2.75, 3.05) is 0 Å². The SMILES string of the molecule is C[Si](C)(C)c1cnc(-c2[c-]cccc2)cc1C1CCCCC1.Cc1cccc2c1c1cc(-c3nc4ccccc4n3Cc3c(C(C)C)cccc3C(C)C)[c-]cc1n2-c1ccccc1.[Ir]. The summed E-state index contributed by atoms with van der Waals surface area (Å²) in [5.74, 6) is 2.57. The van der Waals surface area contributed by atoms with Gasteiger partial charge in [-0.05, 0) is 112 Å². The van der Waals surface area contributed by atoms with Crippen molar-refractivity contribution in [3.63, 3.8) is 0 Å². The van der Waals surface area contributed by atoms with Gasteiger partial charge in [0.1, 0.15) is 0 Å². The Morgan fingerprint density at radius 2 is 1.37 bits per heavy atom. The Hall–Kier alpha value is -5.39. The number of aryl methyl sites for hydroxylation is 1.